The fourth-order valence-corrected chi connectivity index (χ4v) is 1.69. The van der Waals surface area contributed by atoms with Crippen LogP contribution in [-0.2, 0) is 9.59 Å². The van der Waals surface area contributed by atoms with Gasteiger partial charge in [0.1, 0.15) is 12.3 Å². The molecule has 114 valence electrons. The van der Waals surface area contributed by atoms with Gasteiger partial charge in [-0.1, -0.05) is 6.07 Å². The van der Waals surface area contributed by atoms with Crippen LogP contribution in [0.4, 0.5) is 0 Å². The molecule has 0 atom stereocenters. The number of likely N-dealkylation sites (N-methyl/N-ethyl adjacent to an activating group) is 1. The lowest BCUT2D eigenvalue weighted by Gasteiger charge is -2.14. The van der Waals surface area contributed by atoms with Gasteiger partial charge in [0.25, 0.3) is 5.91 Å². The van der Waals surface area contributed by atoms with Crippen LogP contribution in [-0.4, -0.2) is 53.0 Å². The summed E-state index contributed by atoms with van der Waals surface area (Å²) in [5.74, 6) is -2.09. The van der Waals surface area contributed by atoms with Crippen LogP contribution in [0.25, 0.3) is 0 Å². The molecule has 0 heterocycles. The number of carboxylic acids is 1. The summed E-state index contributed by atoms with van der Waals surface area (Å²) in [4.78, 5) is 34.9. The molecule has 3 N–H and O–H groups in total. The molecule has 0 saturated heterocycles. The molecule has 0 aromatic heterocycles. The topological polar surface area (TPSA) is 107 Å². The van der Waals surface area contributed by atoms with Gasteiger partial charge < -0.3 is 20.4 Å². The van der Waals surface area contributed by atoms with Crippen molar-refractivity contribution in [1.29, 1.82) is 0 Å². The van der Waals surface area contributed by atoms with Gasteiger partial charge in [-0.05, 0) is 24.6 Å². The maximum atomic E-state index is 11.8. The Balaban J connectivity index is 2.47. The minimum atomic E-state index is -1.10. The number of amides is 2. The van der Waals surface area contributed by atoms with Crippen LogP contribution >= 0.6 is 0 Å². The first-order chi connectivity index (χ1) is 9.81. The third-order valence-electron chi connectivity index (χ3n) is 2.82. The SMILES string of the molecule is Cc1ccc(C(=O)NCCC(=O)N(C)CC(=O)O)c(O)c1. The summed E-state index contributed by atoms with van der Waals surface area (Å²) in [6, 6.07) is 4.67. The summed E-state index contributed by atoms with van der Waals surface area (Å²) in [5.41, 5.74) is 0.960. The number of aromatic hydroxyl groups is 1. The van der Waals surface area contributed by atoms with Crippen LogP contribution in [0.1, 0.15) is 22.3 Å². The van der Waals surface area contributed by atoms with Gasteiger partial charge in [0.15, 0.2) is 0 Å². The number of phenols is 1. The summed E-state index contributed by atoms with van der Waals surface area (Å²) >= 11 is 0. The number of carboxylic acid groups (broad SMARTS) is 1. The molecule has 0 unspecified atom stereocenters. The third-order valence-corrected chi connectivity index (χ3v) is 2.82. The summed E-state index contributed by atoms with van der Waals surface area (Å²) < 4.78 is 0. The Hall–Kier alpha value is -2.57. The van der Waals surface area contributed by atoms with Gasteiger partial charge in [0.2, 0.25) is 5.91 Å². The molecule has 0 radical (unpaired) electrons. The smallest absolute Gasteiger partial charge is 0.323 e. The van der Waals surface area contributed by atoms with Crippen LogP contribution in [0.3, 0.4) is 0 Å². The standard InChI is InChI=1S/C14H18N2O5/c1-9-3-4-10(11(17)7-9)14(21)15-6-5-12(18)16(2)8-13(19)20/h3-4,7,17H,5-6,8H2,1-2H3,(H,15,21)(H,19,20). The second kappa shape index (κ2) is 7.28. The molecule has 21 heavy (non-hydrogen) atoms. The van der Waals surface area contributed by atoms with Gasteiger partial charge in [-0.3, -0.25) is 14.4 Å². The zero-order valence-electron chi connectivity index (χ0n) is 11.9. The molecule has 0 aliphatic heterocycles. The minimum Gasteiger partial charge on any atom is -0.507 e. The average Bonchev–Trinajstić information content (AvgIpc) is 2.37. The molecule has 7 heteroatoms. The van der Waals surface area contributed by atoms with Crippen LogP contribution in [0.5, 0.6) is 5.75 Å². The number of aryl methyl sites for hydroxylation is 1. The van der Waals surface area contributed by atoms with E-state index in [1.54, 1.807) is 13.0 Å². The monoisotopic (exact) mass is 294 g/mol. The van der Waals surface area contributed by atoms with Crippen molar-refractivity contribution in [3.63, 3.8) is 0 Å². The molecule has 1 aromatic rings. The highest BCUT2D eigenvalue weighted by Crippen LogP contribution is 2.17. The quantitative estimate of drug-likeness (QED) is 0.702. The summed E-state index contributed by atoms with van der Waals surface area (Å²) in [7, 11) is 1.38. The lowest BCUT2D eigenvalue weighted by molar-refractivity contribution is -0.143. The van der Waals surface area contributed by atoms with E-state index in [9.17, 15) is 19.5 Å². The van der Waals surface area contributed by atoms with Gasteiger partial charge >= 0.3 is 5.97 Å². The Bertz CT molecular complexity index is 556. The zero-order valence-corrected chi connectivity index (χ0v) is 11.9. The lowest BCUT2D eigenvalue weighted by Crippen LogP contribution is -2.35. The molecule has 0 bridgehead atoms. The Morgan fingerprint density at radius 3 is 2.52 bits per heavy atom. The normalized spacial score (nSPS) is 10.0. The second-order valence-electron chi connectivity index (χ2n) is 4.67. The summed E-state index contributed by atoms with van der Waals surface area (Å²) in [6.45, 7) is 1.47. The van der Waals surface area contributed by atoms with Crippen LogP contribution in [0.2, 0.25) is 0 Å². The van der Waals surface area contributed by atoms with Crippen LogP contribution < -0.4 is 5.32 Å². The maximum absolute atomic E-state index is 11.8. The molecule has 1 rings (SSSR count). The average molecular weight is 294 g/mol. The predicted octanol–water partition coefficient (Wildman–Crippen LogP) is 0.364. The number of phenolic OH excluding ortho intramolecular Hbond substituents is 1. The number of carbonyl (C=O) groups excluding carboxylic acids is 2. The van der Waals surface area contributed by atoms with E-state index in [-0.39, 0.29) is 36.7 Å². The third kappa shape index (κ3) is 5.13. The largest absolute Gasteiger partial charge is 0.507 e. The summed E-state index contributed by atoms with van der Waals surface area (Å²) in [5, 5.41) is 20.7. The molecule has 1 aromatic carbocycles. The van der Waals surface area contributed by atoms with Crippen molar-refractivity contribution in [2.24, 2.45) is 0 Å². The van der Waals surface area contributed by atoms with E-state index < -0.39 is 11.9 Å². The predicted molar refractivity (Wildman–Crippen MR) is 75.1 cm³/mol. The van der Waals surface area contributed by atoms with Crippen molar-refractivity contribution in [1.82, 2.24) is 10.2 Å². The number of nitrogens with one attached hydrogen (secondary N) is 1. The molecule has 0 fully saturated rings. The van der Waals surface area contributed by atoms with Crippen molar-refractivity contribution >= 4 is 17.8 Å². The molecular weight excluding hydrogens is 276 g/mol. The van der Waals surface area contributed by atoms with Gasteiger partial charge in [0, 0.05) is 20.0 Å². The number of rotatable bonds is 6. The first kappa shape index (κ1) is 16.5. The van der Waals surface area contributed by atoms with Crippen molar-refractivity contribution in [2.45, 2.75) is 13.3 Å². The Morgan fingerprint density at radius 2 is 1.95 bits per heavy atom. The Kier molecular flexibility index (Phi) is 5.71. The molecule has 7 nitrogen and oxygen atoms in total. The van der Waals surface area contributed by atoms with E-state index in [0.29, 0.717) is 0 Å². The Morgan fingerprint density at radius 1 is 1.29 bits per heavy atom. The van der Waals surface area contributed by atoms with Gasteiger partial charge in [-0.15, -0.1) is 0 Å². The van der Waals surface area contributed by atoms with Gasteiger partial charge in [-0.25, -0.2) is 0 Å². The van der Waals surface area contributed by atoms with Gasteiger partial charge in [-0.2, -0.15) is 0 Å². The number of carbonyl (C=O) groups is 3. The Labute approximate surface area is 122 Å². The van der Waals surface area contributed by atoms with Gasteiger partial charge in [0.05, 0.1) is 5.56 Å². The van der Waals surface area contributed by atoms with E-state index >= 15 is 0 Å². The number of benzene rings is 1. The summed E-state index contributed by atoms with van der Waals surface area (Å²) in [6.07, 6.45) is -0.0118. The molecule has 0 aliphatic rings. The fourth-order valence-electron chi connectivity index (χ4n) is 1.69. The van der Waals surface area contributed by atoms with Crippen molar-refractivity contribution in [3.8, 4) is 5.75 Å². The van der Waals surface area contributed by atoms with Crippen molar-refractivity contribution < 1.29 is 24.6 Å². The van der Waals surface area contributed by atoms with E-state index in [2.05, 4.69) is 5.32 Å². The molecular formula is C14H18N2O5. The maximum Gasteiger partial charge on any atom is 0.323 e. The van der Waals surface area contributed by atoms with E-state index in [1.807, 2.05) is 0 Å². The van der Waals surface area contributed by atoms with E-state index in [0.717, 1.165) is 10.5 Å². The van der Waals surface area contributed by atoms with Crippen LogP contribution in [0.15, 0.2) is 18.2 Å². The van der Waals surface area contributed by atoms with E-state index in [4.69, 9.17) is 5.11 Å². The molecule has 0 spiro atoms. The zero-order chi connectivity index (χ0) is 16.0. The minimum absolute atomic E-state index is 0.0118. The number of nitrogens with zero attached hydrogens (tertiary/aromatic N) is 1. The first-order valence-electron chi connectivity index (χ1n) is 6.35. The second-order valence-corrected chi connectivity index (χ2v) is 4.67. The van der Waals surface area contributed by atoms with Crippen molar-refractivity contribution in [2.75, 3.05) is 20.1 Å². The van der Waals surface area contributed by atoms with Crippen LogP contribution in [0, 0.1) is 6.92 Å². The molecule has 0 aliphatic carbocycles. The molecule has 0 saturated carbocycles. The molecule has 2 amide bonds. The number of aliphatic carboxylic acids is 1. The fraction of sp³-hybridized carbons (Fsp3) is 0.357. The van der Waals surface area contributed by atoms with E-state index in [1.165, 1.54) is 19.2 Å². The first-order valence-corrected chi connectivity index (χ1v) is 6.35. The lowest BCUT2D eigenvalue weighted by atomic mass is 10.1. The van der Waals surface area contributed by atoms with Crippen molar-refractivity contribution in [3.05, 3.63) is 29.3 Å². The highest BCUT2D eigenvalue weighted by molar-refractivity contribution is 5.97. The number of hydrogen-bond acceptors (Lipinski definition) is 4. The highest BCUT2D eigenvalue weighted by atomic mass is 16.4. The highest BCUT2D eigenvalue weighted by Gasteiger charge is 2.14. The number of hydrogen-bond donors (Lipinski definition) is 3.